The van der Waals surface area contributed by atoms with Gasteiger partial charge in [-0.15, -0.1) is 0 Å². The Morgan fingerprint density at radius 2 is 2.00 bits per heavy atom. The van der Waals surface area contributed by atoms with Gasteiger partial charge in [0.25, 0.3) is 0 Å². The van der Waals surface area contributed by atoms with Gasteiger partial charge in [0, 0.05) is 37.6 Å². The van der Waals surface area contributed by atoms with Crippen molar-refractivity contribution in [2.45, 2.75) is 57.7 Å². The summed E-state index contributed by atoms with van der Waals surface area (Å²) in [7, 11) is 0. The number of rotatable bonds is 3. The third kappa shape index (κ3) is 2.69. The number of nitrogens with one attached hydrogen (secondary N) is 1. The van der Waals surface area contributed by atoms with Crippen LogP contribution in [-0.4, -0.2) is 34.1 Å². The number of nitrogens with zero attached hydrogens (tertiary/aromatic N) is 2. The van der Waals surface area contributed by atoms with E-state index in [2.05, 4.69) is 21.7 Å². The Balaban J connectivity index is 1.53. The largest absolute Gasteiger partial charge is 0.353 e. The molecule has 4 heteroatoms. The lowest BCUT2D eigenvalue weighted by Crippen LogP contribution is -2.48. The van der Waals surface area contributed by atoms with Crippen LogP contribution in [-0.2, 0) is 6.54 Å². The molecule has 110 valence electrons. The van der Waals surface area contributed by atoms with Crippen LogP contribution >= 0.6 is 0 Å². The van der Waals surface area contributed by atoms with Gasteiger partial charge >= 0.3 is 6.03 Å². The van der Waals surface area contributed by atoms with E-state index in [-0.39, 0.29) is 6.03 Å². The SMILES string of the molecule is C[C@@H]1C[C@H]2CCCC[C@H]2N1C(=O)NCCn1cccc1. The number of hydrogen-bond donors (Lipinski definition) is 1. The second-order valence-corrected chi connectivity index (χ2v) is 6.26. The van der Waals surface area contributed by atoms with Crippen LogP contribution in [0, 0.1) is 5.92 Å². The molecule has 1 saturated carbocycles. The maximum atomic E-state index is 12.4. The molecular weight excluding hydrogens is 250 g/mol. The number of carbonyl (C=O) groups is 1. The zero-order chi connectivity index (χ0) is 13.9. The third-order valence-corrected chi connectivity index (χ3v) is 4.89. The van der Waals surface area contributed by atoms with Gasteiger partial charge in [0.2, 0.25) is 0 Å². The molecule has 0 spiro atoms. The van der Waals surface area contributed by atoms with Crippen molar-refractivity contribution < 1.29 is 4.79 Å². The second kappa shape index (κ2) is 5.90. The minimum atomic E-state index is 0.138. The molecule has 1 aromatic heterocycles. The topological polar surface area (TPSA) is 37.3 Å². The fourth-order valence-corrected chi connectivity index (χ4v) is 3.96. The predicted octanol–water partition coefficient (Wildman–Crippen LogP) is 2.85. The Labute approximate surface area is 121 Å². The van der Waals surface area contributed by atoms with Crippen molar-refractivity contribution >= 4 is 6.03 Å². The summed E-state index contributed by atoms with van der Waals surface area (Å²) in [5, 5.41) is 3.09. The van der Waals surface area contributed by atoms with Gasteiger partial charge < -0.3 is 14.8 Å². The van der Waals surface area contributed by atoms with Gasteiger partial charge in [0.15, 0.2) is 0 Å². The molecule has 0 radical (unpaired) electrons. The zero-order valence-electron chi connectivity index (χ0n) is 12.3. The number of likely N-dealkylation sites (tertiary alicyclic amines) is 1. The first-order valence-corrected chi connectivity index (χ1v) is 7.92. The summed E-state index contributed by atoms with van der Waals surface area (Å²) in [5.74, 6) is 0.744. The first kappa shape index (κ1) is 13.5. The minimum Gasteiger partial charge on any atom is -0.353 e. The Kier molecular flexibility index (Phi) is 3.99. The first-order chi connectivity index (χ1) is 9.75. The molecule has 1 saturated heterocycles. The van der Waals surface area contributed by atoms with Crippen LogP contribution in [0.4, 0.5) is 4.79 Å². The molecule has 4 nitrogen and oxygen atoms in total. The second-order valence-electron chi connectivity index (χ2n) is 6.26. The van der Waals surface area contributed by atoms with Crippen LogP contribution in [0.5, 0.6) is 0 Å². The fraction of sp³-hybridized carbons (Fsp3) is 0.688. The summed E-state index contributed by atoms with van der Waals surface area (Å²) in [6.07, 6.45) is 10.4. The van der Waals surface area contributed by atoms with E-state index in [0.29, 0.717) is 18.6 Å². The number of fused-ring (bicyclic) bond motifs is 1. The normalized spacial score (nSPS) is 29.2. The van der Waals surface area contributed by atoms with Crippen LogP contribution in [0.1, 0.15) is 39.0 Å². The van der Waals surface area contributed by atoms with Crippen molar-refractivity contribution in [2.75, 3.05) is 6.54 Å². The van der Waals surface area contributed by atoms with E-state index >= 15 is 0 Å². The Morgan fingerprint density at radius 3 is 2.80 bits per heavy atom. The van der Waals surface area contributed by atoms with E-state index in [1.165, 1.54) is 32.1 Å². The van der Waals surface area contributed by atoms with Crippen molar-refractivity contribution in [3.8, 4) is 0 Å². The average Bonchev–Trinajstić information content (AvgIpc) is 3.04. The van der Waals surface area contributed by atoms with Crippen LogP contribution in [0.2, 0.25) is 0 Å². The van der Waals surface area contributed by atoms with E-state index in [1.54, 1.807) is 0 Å². The van der Waals surface area contributed by atoms with Gasteiger partial charge in [-0.3, -0.25) is 0 Å². The average molecular weight is 275 g/mol. The molecule has 0 bridgehead atoms. The Morgan fingerprint density at radius 1 is 1.25 bits per heavy atom. The van der Waals surface area contributed by atoms with Gasteiger partial charge in [-0.2, -0.15) is 0 Å². The van der Waals surface area contributed by atoms with Crippen molar-refractivity contribution in [2.24, 2.45) is 5.92 Å². The lowest BCUT2D eigenvalue weighted by molar-refractivity contribution is 0.156. The molecule has 2 amide bonds. The Hall–Kier alpha value is -1.45. The first-order valence-electron chi connectivity index (χ1n) is 7.92. The standard InChI is InChI=1S/C16H25N3O/c1-13-12-14-6-2-3-7-15(14)19(13)16(20)17-8-11-18-9-4-5-10-18/h4-5,9-10,13-15H,2-3,6-8,11-12H2,1H3,(H,17,20)/t13-,14-,15-/m1/s1. The quantitative estimate of drug-likeness (QED) is 0.905. The van der Waals surface area contributed by atoms with E-state index in [0.717, 1.165) is 12.5 Å². The molecule has 1 aromatic rings. The van der Waals surface area contributed by atoms with Crippen molar-refractivity contribution in [1.29, 1.82) is 0 Å². The summed E-state index contributed by atoms with van der Waals surface area (Å²) < 4.78 is 2.09. The highest BCUT2D eigenvalue weighted by Crippen LogP contribution is 2.39. The highest BCUT2D eigenvalue weighted by atomic mass is 16.2. The van der Waals surface area contributed by atoms with E-state index in [9.17, 15) is 4.79 Å². The molecular formula is C16H25N3O. The molecule has 1 aliphatic carbocycles. The van der Waals surface area contributed by atoms with Gasteiger partial charge in [-0.1, -0.05) is 12.8 Å². The van der Waals surface area contributed by atoms with Crippen LogP contribution in [0.15, 0.2) is 24.5 Å². The number of urea groups is 1. The highest BCUT2D eigenvalue weighted by molar-refractivity contribution is 5.75. The lowest BCUT2D eigenvalue weighted by atomic mass is 9.85. The van der Waals surface area contributed by atoms with Gasteiger partial charge in [0.1, 0.15) is 0 Å². The third-order valence-electron chi connectivity index (χ3n) is 4.89. The summed E-state index contributed by atoms with van der Waals surface area (Å²) in [6.45, 7) is 3.74. The number of aromatic nitrogens is 1. The van der Waals surface area contributed by atoms with Gasteiger partial charge in [-0.05, 0) is 44.2 Å². The summed E-state index contributed by atoms with van der Waals surface area (Å²) >= 11 is 0. The predicted molar refractivity (Wildman–Crippen MR) is 79.5 cm³/mol. The molecule has 3 atom stereocenters. The zero-order valence-corrected chi connectivity index (χ0v) is 12.3. The van der Waals surface area contributed by atoms with Crippen LogP contribution < -0.4 is 5.32 Å². The maximum Gasteiger partial charge on any atom is 0.317 e. The minimum absolute atomic E-state index is 0.138. The molecule has 3 rings (SSSR count). The van der Waals surface area contributed by atoms with Gasteiger partial charge in [0.05, 0.1) is 0 Å². The summed E-state index contributed by atoms with van der Waals surface area (Å²) in [5.41, 5.74) is 0. The Bertz CT molecular complexity index is 443. The number of hydrogen-bond acceptors (Lipinski definition) is 1. The molecule has 2 heterocycles. The molecule has 1 aliphatic heterocycles. The van der Waals surface area contributed by atoms with E-state index in [1.807, 2.05) is 24.5 Å². The van der Waals surface area contributed by atoms with Gasteiger partial charge in [-0.25, -0.2) is 4.79 Å². The lowest BCUT2D eigenvalue weighted by Gasteiger charge is -2.33. The van der Waals surface area contributed by atoms with Crippen LogP contribution in [0.25, 0.3) is 0 Å². The smallest absolute Gasteiger partial charge is 0.317 e. The van der Waals surface area contributed by atoms with E-state index in [4.69, 9.17) is 0 Å². The monoisotopic (exact) mass is 275 g/mol. The molecule has 2 aliphatic rings. The maximum absolute atomic E-state index is 12.4. The fourth-order valence-electron chi connectivity index (χ4n) is 3.96. The molecule has 20 heavy (non-hydrogen) atoms. The molecule has 2 fully saturated rings. The van der Waals surface area contributed by atoms with Crippen molar-refractivity contribution in [3.63, 3.8) is 0 Å². The van der Waals surface area contributed by atoms with E-state index < -0.39 is 0 Å². The molecule has 1 N–H and O–H groups in total. The summed E-state index contributed by atoms with van der Waals surface area (Å²) in [4.78, 5) is 14.6. The van der Waals surface area contributed by atoms with Crippen LogP contribution in [0.3, 0.4) is 0 Å². The number of amides is 2. The van der Waals surface area contributed by atoms with Crippen molar-refractivity contribution in [3.05, 3.63) is 24.5 Å². The molecule has 0 unspecified atom stereocenters. The number of carbonyl (C=O) groups excluding carboxylic acids is 1. The molecule has 0 aromatic carbocycles. The highest BCUT2D eigenvalue weighted by Gasteiger charge is 2.42. The van der Waals surface area contributed by atoms with Crippen molar-refractivity contribution in [1.82, 2.24) is 14.8 Å². The summed E-state index contributed by atoms with van der Waals surface area (Å²) in [6, 6.07) is 5.05.